The van der Waals surface area contributed by atoms with Crippen molar-refractivity contribution in [3.05, 3.63) is 48.3 Å². The monoisotopic (exact) mass is 395 g/mol. The molecule has 2 aromatic rings. The molecule has 3 heterocycles. The summed E-state index contributed by atoms with van der Waals surface area (Å²) in [6.07, 6.45) is 6.83. The Kier molecular flexibility index (Phi) is 5.94. The van der Waals surface area contributed by atoms with E-state index in [1.54, 1.807) is 17.1 Å². The summed E-state index contributed by atoms with van der Waals surface area (Å²) in [6.45, 7) is 6.21. The standard InChI is InChI=1S/C22H29N5O2/c1-18-7-5-6-10-26(18)21(28)17-24-11-13-25(14-12-24)22(29)19-15-23-27(16-19)20-8-3-2-4-9-20/h2-4,8-9,15-16,18H,5-7,10-14,17H2,1H3. The van der Waals surface area contributed by atoms with Crippen LogP contribution in [-0.2, 0) is 4.79 Å². The third-order valence-electron chi connectivity index (χ3n) is 5.99. The fraction of sp³-hybridized carbons (Fsp3) is 0.500. The van der Waals surface area contributed by atoms with Crippen LogP contribution in [0.1, 0.15) is 36.5 Å². The van der Waals surface area contributed by atoms with Crippen molar-refractivity contribution in [1.29, 1.82) is 0 Å². The Morgan fingerprint density at radius 2 is 1.79 bits per heavy atom. The molecule has 2 aliphatic rings. The molecule has 0 N–H and O–H groups in total. The van der Waals surface area contributed by atoms with Crippen LogP contribution in [0.3, 0.4) is 0 Å². The summed E-state index contributed by atoms with van der Waals surface area (Å²) in [4.78, 5) is 31.5. The second-order valence-corrected chi connectivity index (χ2v) is 8.01. The van der Waals surface area contributed by atoms with Crippen LogP contribution in [0.25, 0.3) is 5.69 Å². The molecular weight excluding hydrogens is 366 g/mol. The summed E-state index contributed by atoms with van der Waals surface area (Å²) in [5, 5.41) is 4.32. The maximum absolute atomic E-state index is 12.8. The van der Waals surface area contributed by atoms with E-state index in [1.807, 2.05) is 40.1 Å². The summed E-state index contributed by atoms with van der Waals surface area (Å²) in [5.41, 5.74) is 1.53. The zero-order chi connectivity index (χ0) is 20.2. The van der Waals surface area contributed by atoms with Crippen LogP contribution < -0.4 is 0 Å². The number of piperidine rings is 1. The quantitative estimate of drug-likeness (QED) is 0.795. The molecule has 1 aromatic heterocycles. The number of rotatable bonds is 4. The fourth-order valence-corrected chi connectivity index (χ4v) is 4.20. The Labute approximate surface area is 171 Å². The van der Waals surface area contributed by atoms with E-state index in [-0.39, 0.29) is 11.8 Å². The fourth-order valence-electron chi connectivity index (χ4n) is 4.20. The van der Waals surface area contributed by atoms with Gasteiger partial charge in [0, 0.05) is 45.0 Å². The van der Waals surface area contributed by atoms with Crippen LogP contribution in [0, 0.1) is 0 Å². The Balaban J connectivity index is 1.30. The van der Waals surface area contributed by atoms with Crippen molar-refractivity contribution in [2.24, 2.45) is 0 Å². The van der Waals surface area contributed by atoms with E-state index in [0.29, 0.717) is 31.2 Å². The maximum atomic E-state index is 12.8. The minimum atomic E-state index is 0.00260. The number of carbonyl (C=O) groups is 2. The zero-order valence-electron chi connectivity index (χ0n) is 17.0. The molecule has 1 unspecified atom stereocenters. The van der Waals surface area contributed by atoms with Crippen LogP contribution in [0.2, 0.25) is 0 Å². The van der Waals surface area contributed by atoms with Crippen molar-refractivity contribution in [3.8, 4) is 5.69 Å². The molecule has 154 valence electrons. The van der Waals surface area contributed by atoms with E-state index in [1.165, 1.54) is 6.42 Å². The maximum Gasteiger partial charge on any atom is 0.257 e. The Bertz CT molecular complexity index is 842. The molecule has 2 fully saturated rings. The smallest absolute Gasteiger partial charge is 0.257 e. The number of likely N-dealkylation sites (tertiary alicyclic amines) is 1. The molecule has 7 heteroatoms. The van der Waals surface area contributed by atoms with E-state index in [0.717, 1.165) is 38.2 Å². The van der Waals surface area contributed by atoms with Gasteiger partial charge in [0.05, 0.1) is 24.0 Å². The van der Waals surface area contributed by atoms with E-state index >= 15 is 0 Å². The number of amides is 2. The minimum absolute atomic E-state index is 0.00260. The topological polar surface area (TPSA) is 61.7 Å². The van der Waals surface area contributed by atoms with Crippen molar-refractivity contribution in [2.75, 3.05) is 39.3 Å². The molecule has 1 atom stereocenters. The first-order chi connectivity index (χ1) is 14.1. The van der Waals surface area contributed by atoms with Gasteiger partial charge in [0.25, 0.3) is 5.91 Å². The van der Waals surface area contributed by atoms with Crippen LogP contribution in [0.5, 0.6) is 0 Å². The predicted molar refractivity (Wildman–Crippen MR) is 111 cm³/mol. The third kappa shape index (κ3) is 4.50. The van der Waals surface area contributed by atoms with Crippen molar-refractivity contribution < 1.29 is 9.59 Å². The molecule has 7 nitrogen and oxygen atoms in total. The largest absolute Gasteiger partial charge is 0.339 e. The molecule has 2 saturated heterocycles. The number of hydrogen-bond acceptors (Lipinski definition) is 4. The van der Waals surface area contributed by atoms with Crippen molar-refractivity contribution in [3.63, 3.8) is 0 Å². The number of aromatic nitrogens is 2. The summed E-state index contributed by atoms with van der Waals surface area (Å²) in [5.74, 6) is 0.226. The van der Waals surface area contributed by atoms with E-state index in [2.05, 4.69) is 16.9 Å². The Morgan fingerprint density at radius 1 is 1.03 bits per heavy atom. The lowest BCUT2D eigenvalue weighted by Gasteiger charge is -2.38. The number of benzene rings is 1. The first-order valence-corrected chi connectivity index (χ1v) is 10.5. The predicted octanol–water partition coefficient (Wildman–Crippen LogP) is 2.03. The number of nitrogens with zero attached hydrogens (tertiary/aromatic N) is 5. The summed E-state index contributed by atoms with van der Waals surface area (Å²) >= 11 is 0. The van der Waals surface area contributed by atoms with Gasteiger partial charge < -0.3 is 9.80 Å². The summed E-state index contributed by atoms with van der Waals surface area (Å²) < 4.78 is 1.72. The number of piperazine rings is 1. The Morgan fingerprint density at radius 3 is 2.52 bits per heavy atom. The second kappa shape index (κ2) is 8.78. The van der Waals surface area contributed by atoms with Crippen molar-refractivity contribution >= 4 is 11.8 Å². The SMILES string of the molecule is CC1CCCCN1C(=O)CN1CCN(C(=O)c2cnn(-c3ccccc3)c2)CC1. The van der Waals surface area contributed by atoms with Crippen LogP contribution in [-0.4, -0.2) is 81.6 Å². The molecule has 0 saturated carbocycles. The van der Waals surface area contributed by atoms with E-state index in [9.17, 15) is 9.59 Å². The normalized spacial score (nSPS) is 20.7. The van der Waals surface area contributed by atoms with Crippen LogP contribution >= 0.6 is 0 Å². The minimum Gasteiger partial charge on any atom is -0.339 e. The highest BCUT2D eigenvalue weighted by molar-refractivity contribution is 5.94. The zero-order valence-corrected chi connectivity index (χ0v) is 17.0. The lowest BCUT2D eigenvalue weighted by Crippen LogP contribution is -2.53. The third-order valence-corrected chi connectivity index (χ3v) is 5.99. The van der Waals surface area contributed by atoms with Crippen molar-refractivity contribution in [2.45, 2.75) is 32.2 Å². The lowest BCUT2D eigenvalue weighted by atomic mass is 10.0. The highest BCUT2D eigenvalue weighted by Crippen LogP contribution is 2.17. The second-order valence-electron chi connectivity index (χ2n) is 8.01. The molecular formula is C22H29N5O2. The van der Waals surface area contributed by atoms with Gasteiger partial charge in [-0.2, -0.15) is 5.10 Å². The van der Waals surface area contributed by atoms with Crippen LogP contribution in [0.4, 0.5) is 0 Å². The molecule has 0 spiro atoms. The van der Waals surface area contributed by atoms with E-state index < -0.39 is 0 Å². The molecule has 2 aliphatic heterocycles. The molecule has 29 heavy (non-hydrogen) atoms. The number of hydrogen-bond donors (Lipinski definition) is 0. The van der Waals surface area contributed by atoms with Gasteiger partial charge in [0.1, 0.15) is 0 Å². The van der Waals surface area contributed by atoms with Crippen molar-refractivity contribution in [1.82, 2.24) is 24.5 Å². The molecule has 0 aliphatic carbocycles. The average Bonchev–Trinajstić information content (AvgIpc) is 3.25. The van der Waals surface area contributed by atoms with Gasteiger partial charge in [-0.1, -0.05) is 18.2 Å². The summed E-state index contributed by atoms with van der Waals surface area (Å²) in [7, 11) is 0. The molecule has 1 aromatic carbocycles. The summed E-state index contributed by atoms with van der Waals surface area (Å²) in [6, 6.07) is 10.1. The van der Waals surface area contributed by atoms with Gasteiger partial charge in [-0.3, -0.25) is 14.5 Å². The Hall–Kier alpha value is -2.67. The van der Waals surface area contributed by atoms with Gasteiger partial charge in [0.15, 0.2) is 0 Å². The number of carbonyl (C=O) groups excluding carboxylic acids is 2. The first-order valence-electron chi connectivity index (χ1n) is 10.5. The highest BCUT2D eigenvalue weighted by atomic mass is 16.2. The van der Waals surface area contributed by atoms with Gasteiger partial charge >= 0.3 is 0 Å². The first kappa shape index (κ1) is 19.6. The van der Waals surface area contributed by atoms with Gasteiger partial charge in [-0.15, -0.1) is 0 Å². The molecule has 4 rings (SSSR count). The lowest BCUT2D eigenvalue weighted by molar-refractivity contribution is -0.136. The molecule has 2 amide bonds. The molecule has 0 bridgehead atoms. The van der Waals surface area contributed by atoms with E-state index in [4.69, 9.17) is 0 Å². The average molecular weight is 396 g/mol. The number of para-hydroxylation sites is 1. The highest BCUT2D eigenvalue weighted by Gasteiger charge is 2.28. The van der Waals surface area contributed by atoms with Gasteiger partial charge in [-0.05, 0) is 38.3 Å². The molecule has 0 radical (unpaired) electrons. The van der Waals surface area contributed by atoms with Gasteiger partial charge in [0.2, 0.25) is 5.91 Å². The van der Waals surface area contributed by atoms with Crippen LogP contribution in [0.15, 0.2) is 42.7 Å². The van der Waals surface area contributed by atoms with Gasteiger partial charge in [-0.25, -0.2) is 4.68 Å².